The topological polar surface area (TPSA) is 33.1 Å². The van der Waals surface area contributed by atoms with Gasteiger partial charge in [0.2, 0.25) is 0 Å². The summed E-state index contributed by atoms with van der Waals surface area (Å²) in [5.41, 5.74) is 2.33. The van der Waals surface area contributed by atoms with Gasteiger partial charge in [-0.15, -0.1) is 24.8 Å². The van der Waals surface area contributed by atoms with E-state index < -0.39 is 0 Å². The lowest BCUT2D eigenvalue weighted by molar-refractivity contribution is 0.393. The quantitative estimate of drug-likeness (QED) is 0.805. The second-order valence-electron chi connectivity index (χ2n) is 4.23. The van der Waals surface area contributed by atoms with E-state index in [0.717, 1.165) is 25.3 Å². The molecule has 0 bridgehead atoms. The molecule has 1 aromatic heterocycles. The fraction of sp³-hybridized carbons (Fsp3) is 0.727. The first-order chi connectivity index (χ1) is 7.09. The Hall–Kier alpha value is -0.290. The number of rotatable bonds is 6. The van der Waals surface area contributed by atoms with Crippen LogP contribution in [0.5, 0.6) is 0 Å². The fourth-order valence-electron chi connectivity index (χ4n) is 1.57. The van der Waals surface area contributed by atoms with Crippen molar-refractivity contribution in [1.29, 1.82) is 0 Å². The van der Waals surface area contributed by atoms with Gasteiger partial charge in [0.25, 0.3) is 0 Å². The van der Waals surface area contributed by atoms with Gasteiger partial charge in [-0.1, -0.05) is 0 Å². The van der Waals surface area contributed by atoms with Gasteiger partial charge in [0.05, 0.1) is 11.4 Å². The van der Waals surface area contributed by atoms with Gasteiger partial charge in [0, 0.05) is 13.6 Å². The zero-order valence-electron chi connectivity index (χ0n) is 11.1. The van der Waals surface area contributed by atoms with Crippen LogP contribution in [-0.4, -0.2) is 41.9 Å². The van der Waals surface area contributed by atoms with E-state index in [-0.39, 0.29) is 24.8 Å². The first-order valence-electron chi connectivity index (χ1n) is 5.44. The smallest absolute Gasteiger partial charge is 0.0597 e. The molecule has 0 atom stereocenters. The molecule has 0 aromatic carbocycles. The number of halogens is 2. The molecule has 1 heterocycles. The van der Waals surface area contributed by atoms with Crippen LogP contribution in [0.2, 0.25) is 0 Å². The molecule has 0 aliphatic rings. The van der Waals surface area contributed by atoms with E-state index in [1.807, 2.05) is 18.7 Å². The molecule has 0 spiro atoms. The predicted octanol–water partition coefficient (Wildman–Crippen LogP) is 1.61. The summed E-state index contributed by atoms with van der Waals surface area (Å²) >= 11 is 0. The second-order valence-corrected chi connectivity index (χ2v) is 4.23. The van der Waals surface area contributed by atoms with Crippen LogP contribution in [0, 0.1) is 6.92 Å². The Morgan fingerprint density at radius 2 is 2.00 bits per heavy atom. The normalized spacial score (nSPS) is 9.94. The highest BCUT2D eigenvalue weighted by Gasteiger charge is 2.00. The first-order valence-corrected chi connectivity index (χ1v) is 5.44. The van der Waals surface area contributed by atoms with E-state index in [4.69, 9.17) is 0 Å². The average Bonchev–Trinajstić information content (AvgIpc) is 2.44. The van der Waals surface area contributed by atoms with Crippen molar-refractivity contribution in [2.45, 2.75) is 19.9 Å². The van der Waals surface area contributed by atoms with Crippen LogP contribution in [-0.2, 0) is 13.6 Å². The van der Waals surface area contributed by atoms with Gasteiger partial charge >= 0.3 is 0 Å². The van der Waals surface area contributed by atoms with Crippen molar-refractivity contribution >= 4 is 24.8 Å². The van der Waals surface area contributed by atoms with Crippen molar-refractivity contribution in [1.82, 2.24) is 20.0 Å². The van der Waals surface area contributed by atoms with E-state index in [0.29, 0.717) is 0 Å². The molecule has 0 radical (unpaired) electrons. The third-order valence-electron chi connectivity index (χ3n) is 2.36. The minimum Gasteiger partial charge on any atom is -0.311 e. The standard InChI is InChI=1S/C11H22N4.2ClH/c1-10-8-11(15(4)13-10)9-12-6-5-7-14(2)3;;/h8,12H,5-7,9H2,1-4H3;2*1H. The van der Waals surface area contributed by atoms with Crippen molar-refractivity contribution in [2.24, 2.45) is 7.05 Å². The molecule has 1 aromatic rings. The Labute approximate surface area is 117 Å². The number of nitrogens with one attached hydrogen (secondary N) is 1. The summed E-state index contributed by atoms with van der Waals surface area (Å²) in [4.78, 5) is 2.20. The maximum absolute atomic E-state index is 4.31. The monoisotopic (exact) mass is 282 g/mol. The Kier molecular flexibility index (Phi) is 10.9. The summed E-state index contributed by atoms with van der Waals surface area (Å²) in [7, 11) is 6.19. The minimum absolute atomic E-state index is 0. The van der Waals surface area contributed by atoms with E-state index >= 15 is 0 Å². The predicted molar refractivity (Wildman–Crippen MR) is 77.3 cm³/mol. The number of hydrogen-bond donors (Lipinski definition) is 1. The van der Waals surface area contributed by atoms with Gasteiger partial charge in [-0.25, -0.2) is 0 Å². The summed E-state index contributed by atoms with van der Waals surface area (Å²) in [6, 6.07) is 2.12. The van der Waals surface area contributed by atoms with Crippen molar-refractivity contribution in [2.75, 3.05) is 27.2 Å². The number of aromatic nitrogens is 2. The van der Waals surface area contributed by atoms with Gasteiger partial charge in [-0.05, 0) is 46.6 Å². The van der Waals surface area contributed by atoms with Crippen LogP contribution < -0.4 is 5.32 Å². The largest absolute Gasteiger partial charge is 0.311 e. The molecule has 0 aliphatic heterocycles. The van der Waals surface area contributed by atoms with Gasteiger partial charge in [0.15, 0.2) is 0 Å². The zero-order chi connectivity index (χ0) is 11.3. The number of aryl methyl sites for hydroxylation is 2. The van der Waals surface area contributed by atoms with E-state index in [2.05, 4.69) is 35.5 Å². The summed E-state index contributed by atoms with van der Waals surface area (Å²) in [5.74, 6) is 0. The minimum atomic E-state index is 0. The van der Waals surface area contributed by atoms with Crippen LogP contribution >= 0.6 is 24.8 Å². The molecular formula is C11H24Cl2N4. The molecule has 102 valence electrons. The van der Waals surface area contributed by atoms with Gasteiger partial charge in [0.1, 0.15) is 0 Å². The molecular weight excluding hydrogens is 259 g/mol. The van der Waals surface area contributed by atoms with Crippen molar-refractivity contribution in [3.63, 3.8) is 0 Å². The van der Waals surface area contributed by atoms with Crippen LogP contribution in [0.4, 0.5) is 0 Å². The molecule has 0 saturated heterocycles. The van der Waals surface area contributed by atoms with E-state index in [9.17, 15) is 0 Å². The summed E-state index contributed by atoms with van der Waals surface area (Å²) < 4.78 is 1.94. The molecule has 0 aliphatic carbocycles. The highest BCUT2D eigenvalue weighted by Crippen LogP contribution is 2.00. The number of hydrogen-bond acceptors (Lipinski definition) is 3. The van der Waals surface area contributed by atoms with Crippen molar-refractivity contribution in [3.8, 4) is 0 Å². The lowest BCUT2D eigenvalue weighted by Crippen LogP contribution is -2.21. The third-order valence-corrected chi connectivity index (χ3v) is 2.36. The van der Waals surface area contributed by atoms with Crippen LogP contribution in [0.15, 0.2) is 6.07 Å². The van der Waals surface area contributed by atoms with E-state index in [1.165, 1.54) is 12.1 Å². The van der Waals surface area contributed by atoms with Crippen molar-refractivity contribution < 1.29 is 0 Å². The third kappa shape index (κ3) is 7.60. The summed E-state index contributed by atoms with van der Waals surface area (Å²) in [6.07, 6.45) is 1.18. The zero-order valence-corrected chi connectivity index (χ0v) is 12.7. The van der Waals surface area contributed by atoms with Gasteiger partial charge in [-0.2, -0.15) is 5.10 Å². The van der Waals surface area contributed by atoms with Crippen LogP contribution in [0.1, 0.15) is 17.8 Å². The summed E-state index contributed by atoms with van der Waals surface area (Å²) in [5, 5.41) is 7.73. The van der Waals surface area contributed by atoms with Crippen LogP contribution in [0.25, 0.3) is 0 Å². The van der Waals surface area contributed by atoms with E-state index in [1.54, 1.807) is 0 Å². The summed E-state index contributed by atoms with van der Waals surface area (Å²) in [6.45, 7) is 5.13. The lowest BCUT2D eigenvalue weighted by atomic mass is 10.3. The molecule has 4 nitrogen and oxygen atoms in total. The number of nitrogens with zero attached hydrogens (tertiary/aromatic N) is 3. The van der Waals surface area contributed by atoms with Crippen molar-refractivity contribution in [3.05, 3.63) is 17.5 Å². The molecule has 17 heavy (non-hydrogen) atoms. The molecule has 1 rings (SSSR count). The maximum atomic E-state index is 4.31. The molecule has 0 unspecified atom stereocenters. The second kappa shape index (κ2) is 9.71. The highest BCUT2D eigenvalue weighted by molar-refractivity contribution is 5.85. The average molecular weight is 283 g/mol. The first kappa shape index (κ1) is 19.1. The Bertz CT molecular complexity index is 300. The van der Waals surface area contributed by atoms with Gasteiger partial charge < -0.3 is 10.2 Å². The van der Waals surface area contributed by atoms with Crippen LogP contribution in [0.3, 0.4) is 0 Å². The molecule has 6 heteroatoms. The fourth-order valence-corrected chi connectivity index (χ4v) is 1.57. The lowest BCUT2D eigenvalue weighted by Gasteiger charge is -2.09. The SMILES string of the molecule is Cc1cc(CNCCCN(C)C)n(C)n1.Cl.Cl. The Morgan fingerprint density at radius 1 is 1.35 bits per heavy atom. The molecule has 0 fully saturated rings. The molecule has 0 saturated carbocycles. The maximum Gasteiger partial charge on any atom is 0.0597 e. The molecule has 0 amide bonds. The molecule has 1 N–H and O–H groups in total. The van der Waals surface area contributed by atoms with Gasteiger partial charge in [-0.3, -0.25) is 4.68 Å². The Balaban J connectivity index is 0. The Morgan fingerprint density at radius 3 is 2.47 bits per heavy atom. The highest BCUT2D eigenvalue weighted by atomic mass is 35.5.